The number of likely N-dealkylation sites (tertiary alicyclic amines) is 1. The zero-order chi connectivity index (χ0) is 20.3. The standard InChI is InChI=1S/C23H34N2O3/c1-17(26)18-5-7-21(8-6-18)24-13-9-19(10-14-24)20-11-15-25(16-12-20)22(27)28-23(2,3)4/h5-8,19-20H,9-16H2,1-4H3. The van der Waals surface area contributed by atoms with Crippen LogP contribution in [0.2, 0.25) is 0 Å². The van der Waals surface area contributed by atoms with Crippen LogP contribution < -0.4 is 4.90 Å². The lowest BCUT2D eigenvalue weighted by Crippen LogP contribution is -2.44. The molecule has 2 aliphatic heterocycles. The second kappa shape index (κ2) is 8.54. The Labute approximate surface area is 169 Å². The SMILES string of the molecule is CC(=O)c1ccc(N2CCC(C3CCN(C(=O)OC(C)(C)C)CC3)CC2)cc1. The van der Waals surface area contributed by atoms with E-state index in [4.69, 9.17) is 4.74 Å². The summed E-state index contributed by atoms with van der Waals surface area (Å²) in [6, 6.07) is 7.99. The van der Waals surface area contributed by atoms with Crippen molar-refractivity contribution in [3.63, 3.8) is 0 Å². The molecule has 154 valence electrons. The van der Waals surface area contributed by atoms with Gasteiger partial charge < -0.3 is 14.5 Å². The number of benzene rings is 1. The van der Waals surface area contributed by atoms with Gasteiger partial charge in [0.1, 0.15) is 5.60 Å². The minimum absolute atomic E-state index is 0.114. The van der Waals surface area contributed by atoms with Gasteiger partial charge >= 0.3 is 6.09 Å². The molecule has 0 bridgehead atoms. The molecule has 0 aromatic heterocycles. The topological polar surface area (TPSA) is 49.9 Å². The number of anilines is 1. The third kappa shape index (κ3) is 5.27. The fraction of sp³-hybridized carbons (Fsp3) is 0.652. The Morgan fingerprint density at radius 3 is 1.86 bits per heavy atom. The molecule has 2 fully saturated rings. The lowest BCUT2D eigenvalue weighted by Gasteiger charge is -2.41. The number of carbonyl (C=O) groups excluding carboxylic acids is 2. The van der Waals surface area contributed by atoms with E-state index in [0.29, 0.717) is 5.92 Å². The van der Waals surface area contributed by atoms with Crippen LogP contribution in [-0.2, 0) is 4.74 Å². The van der Waals surface area contributed by atoms with Gasteiger partial charge in [0.05, 0.1) is 0 Å². The van der Waals surface area contributed by atoms with Crippen LogP contribution in [0.3, 0.4) is 0 Å². The van der Waals surface area contributed by atoms with Gasteiger partial charge in [-0.1, -0.05) is 0 Å². The monoisotopic (exact) mass is 386 g/mol. The summed E-state index contributed by atoms with van der Waals surface area (Å²) in [5.74, 6) is 1.57. The van der Waals surface area contributed by atoms with Gasteiger partial charge in [0.2, 0.25) is 0 Å². The van der Waals surface area contributed by atoms with Gasteiger partial charge in [-0.2, -0.15) is 0 Å². The second-order valence-corrected chi connectivity index (χ2v) is 9.23. The minimum atomic E-state index is -0.427. The van der Waals surface area contributed by atoms with E-state index in [1.165, 1.54) is 18.5 Å². The first-order valence-corrected chi connectivity index (χ1v) is 10.6. The maximum absolute atomic E-state index is 12.2. The Kier molecular flexibility index (Phi) is 6.31. The summed E-state index contributed by atoms with van der Waals surface area (Å²) < 4.78 is 5.50. The van der Waals surface area contributed by atoms with Gasteiger partial charge in [-0.3, -0.25) is 4.79 Å². The molecule has 0 unspecified atom stereocenters. The molecule has 5 nitrogen and oxygen atoms in total. The quantitative estimate of drug-likeness (QED) is 0.703. The summed E-state index contributed by atoms with van der Waals surface area (Å²) in [7, 11) is 0. The van der Waals surface area contributed by atoms with E-state index in [9.17, 15) is 9.59 Å². The number of hydrogen-bond acceptors (Lipinski definition) is 4. The molecule has 0 atom stereocenters. The van der Waals surface area contributed by atoms with Crippen molar-refractivity contribution in [1.29, 1.82) is 0 Å². The second-order valence-electron chi connectivity index (χ2n) is 9.23. The number of nitrogens with zero attached hydrogens (tertiary/aromatic N) is 2. The fourth-order valence-electron chi connectivity index (χ4n) is 4.42. The lowest BCUT2D eigenvalue weighted by atomic mass is 9.79. The molecule has 2 heterocycles. The van der Waals surface area contributed by atoms with Crippen molar-refractivity contribution in [3.8, 4) is 0 Å². The molecular weight excluding hydrogens is 352 g/mol. The molecule has 2 aliphatic rings. The van der Waals surface area contributed by atoms with Crippen LogP contribution in [-0.4, -0.2) is 48.6 Å². The van der Waals surface area contributed by atoms with Crippen LogP contribution in [0, 0.1) is 11.8 Å². The van der Waals surface area contributed by atoms with Crippen molar-refractivity contribution >= 4 is 17.6 Å². The van der Waals surface area contributed by atoms with Crippen LogP contribution in [0.4, 0.5) is 10.5 Å². The van der Waals surface area contributed by atoms with Gasteiger partial charge in [-0.15, -0.1) is 0 Å². The number of ether oxygens (including phenoxy) is 1. The Bertz CT molecular complexity index is 677. The molecule has 0 spiro atoms. The molecule has 28 heavy (non-hydrogen) atoms. The van der Waals surface area contributed by atoms with E-state index >= 15 is 0 Å². The van der Waals surface area contributed by atoms with Crippen molar-refractivity contribution in [1.82, 2.24) is 4.90 Å². The summed E-state index contributed by atoms with van der Waals surface area (Å²) in [5.41, 5.74) is 1.56. The van der Waals surface area contributed by atoms with Crippen LogP contribution in [0.25, 0.3) is 0 Å². The van der Waals surface area contributed by atoms with Crippen LogP contribution >= 0.6 is 0 Å². The van der Waals surface area contributed by atoms with Crippen molar-refractivity contribution in [2.45, 2.75) is 59.0 Å². The van der Waals surface area contributed by atoms with Crippen molar-refractivity contribution in [2.75, 3.05) is 31.1 Å². The largest absolute Gasteiger partial charge is 0.444 e. The minimum Gasteiger partial charge on any atom is -0.444 e. The van der Waals surface area contributed by atoms with Gasteiger partial charge in [0.25, 0.3) is 0 Å². The third-order valence-electron chi connectivity index (χ3n) is 6.04. The normalized spacial score (nSPS) is 19.6. The molecule has 0 N–H and O–H groups in total. The number of Topliss-reactive ketones (excluding diaryl/α,β-unsaturated/α-hetero) is 1. The molecule has 2 saturated heterocycles. The van der Waals surface area contributed by atoms with Crippen LogP contribution in [0.1, 0.15) is 63.7 Å². The molecule has 0 aliphatic carbocycles. The number of ketones is 1. The maximum Gasteiger partial charge on any atom is 0.410 e. The smallest absolute Gasteiger partial charge is 0.410 e. The molecule has 1 amide bonds. The van der Waals surface area contributed by atoms with Gasteiger partial charge in [0.15, 0.2) is 5.78 Å². The number of hydrogen-bond donors (Lipinski definition) is 0. The number of piperidine rings is 2. The summed E-state index contributed by atoms with van der Waals surface area (Å²) in [6.45, 7) is 11.1. The van der Waals surface area contributed by atoms with Crippen LogP contribution in [0.15, 0.2) is 24.3 Å². The molecule has 5 heteroatoms. The van der Waals surface area contributed by atoms with Gasteiger partial charge in [0, 0.05) is 37.4 Å². The number of rotatable bonds is 3. The van der Waals surface area contributed by atoms with Crippen molar-refractivity contribution in [2.24, 2.45) is 11.8 Å². The van der Waals surface area contributed by atoms with Crippen LogP contribution in [0.5, 0.6) is 0 Å². The highest BCUT2D eigenvalue weighted by atomic mass is 16.6. The zero-order valence-corrected chi connectivity index (χ0v) is 17.7. The fourth-order valence-corrected chi connectivity index (χ4v) is 4.42. The molecule has 3 rings (SSSR count). The van der Waals surface area contributed by atoms with Gasteiger partial charge in [-0.25, -0.2) is 4.79 Å². The molecule has 1 aromatic rings. The number of carbonyl (C=O) groups is 2. The Morgan fingerprint density at radius 2 is 1.39 bits per heavy atom. The van der Waals surface area contributed by atoms with Gasteiger partial charge in [-0.05, 0) is 89.5 Å². The van der Waals surface area contributed by atoms with Crippen molar-refractivity contribution < 1.29 is 14.3 Å². The lowest BCUT2D eigenvalue weighted by molar-refractivity contribution is 0.0152. The third-order valence-corrected chi connectivity index (χ3v) is 6.04. The van der Waals surface area contributed by atoms with E-state index in [1.54, 1.807) is 6.92 Å². The predicted octanol–water partition coefficient (Wildman–Crippen LogP) is 4.75. The summed E-state index contributed by atoms with van der Waals surface area (Å²) in [5, 5.41) is 0. The van der Waals surface area contributed by atoms with E-state index in [2.05, 4.69) is 17.0 Å². The maximum atomic E-state index is 12.2. The summed E-state index contributed by atoms with van der Waals surface area (Å²) >= 11 is 0. The Morgan fingerprint density at radius 1 is 0.893 bits per heavy atom. The highest BCUT2D eigenvalue weighted by Gasteiger charge is 2.32. The Hall–Kier alpha value is -2.04. The van der Waals surface area contributed by atoms with E-state index in [0.717, 1.165) is 50.5 Å². The van der Waals surface area contributed by atoms with E-state index < -0.39 is 5.60 Å². The first-order chi connectivity index (χ1) is 13.2. The first-order valence-electron chi connectivity index (χ1n) is 10.6. The summed E-state index contributed by atoms with van der Waals surface area (Å²) in [4.78, 5) is 28.0. The first kappa shape index (κ1) is 20.7. The molecule has 0 radical (unpaired) electrons. The molecular formula is C23H34N2O3. The Balaban J connectivity index is 1.46. The van der Waals surface area contributed by atoms with Crippen molar-refractivity contribution in [3.05, 3.63) is 29.8 Å². The average Bonchev–Trinajstić information content (AvgIpc) is 2.67. The zero-order valence-electron chi connectivity index (χ0n) is 17.7. The van der Waals surface area contributed by atoms with E-state index in [1.807, 2.05) is 37.8 Å². The number of amides is 1. The summed E-state index contributed by atoms with van der Waals surface area (Å²) in [6.07, 6.45) is 4.39. The highest BCUT2D eigenvalue weighted by Crippen LogP contribution is 2.34. The predicted molar refractivity (Wildman–Crippen MR) is 112 cm³/mol. The highest BCUT2D eigenvalue weighted by molar-refractivity contribution is 5.94. The van der Waals surface area contributed by atoms with E-state index in [-0.39, 0.29) is 11.9 Å². The molecule has 1 aromatic carbocycles. The molecule has 0 saturated carbocycles. The average molecular weight is 387 g/mol.